The second-order valence-electron chi connectivity index (χ2n) is 6.95. The van der Waals surface area contributed by atoms with E-state index >= 15 is 0 Å². The number of nitrogens with one attached hydrogen (secondary N) is 1. The molecule has 5 nitrogen and oxygen atoms in total. The molecule has 0 unspecified atom stereocenters. The van der Waals surface area contributed by atoms with Crippen LogP contribution in [-0.2, 0) is 4.79 Å². The number of carbonyl (C=O) groups excluding carboxylic acids is 1. The molecule has 1 aliphatic rings. The highest BCUT2D eigenvalue weighted by molar-refractivity contribution is 7.99. The summed E-state index contributed by atoms with van der Waals surface area (Å²) in [5, 5.41) is 4.69. The number of hydrogen-bond acceptors (Lipinski definition) is 5. The van der Waals surface area contributed by atoms with Gasteiger partial charge in [-0.15, -0.1) is 0 Å². The third kappa shape index (κ3) is 4.02. The lowest BCUT2D eigenvalue weighted by Crippen LogP contribution is -2.11. The van der Waals surface area contributed by atoms with E-state index in [9.17, 15) is 4.79 Å². The number of carbonyl (C=O) groups is 1. The van der Waals surface area contributed by atoms with Crippen molar-refractivity contribution in [2.24, 2.45) is 0 Å². The quantitative estimate of drug-likeness (QED) is 0.505. The number of benzene rings is 1. The Morgan fingerprint density at radius 3 is 2.82 bits per heavy atom. The Morgan fingerprint density at radius 1 is 1.21 bits per heavy atom. The van der Waals surface area contributed by atoms with E-state index in [1.807, 2.05) is 43.1 Å². The normalized spacial score (nSPS) is 14.1. The van der Waals surface area contributed by atoms with Crippen LogP contribution in [0.5, 0.6) is 0 Å². The van der Waals surface area contributed by atoms with Crippen molar-refractivity contribution in [3.05, 3.63) is 60.1 Å². The van der Waals surface area contributed by atoms with Gasteiger partial charge in [0.05, 0.1) is 0 Å². The summed E-state index contributed by atoms with van der Waals surface area (Å²) in [4.78, 5) is 20.9. The number of nitrogens with two attached hydrogens (primary N) is 1. The van der Waals surface area contributed by atoms with Gasteiger partial charge in [-0.25, -0.2) is 4.98 Å². The molecule has 0 spiro atoms. The number of anilines is 2. The van der Waals surface area contributed by atoms with E-state index in [4.69, 9.17) is 5.73 Å². The predicted octanol–water partition coefficient (Wildman–Crippen LogP) is 4.58. The summed E-state index contributed by atoms with van der Waals surface area (Å²) in [5.74, 6) is 2.58. The predicted molar refractivity (Wildman–Crippen MR) is 117 cm³/mol. The Balaban J connectivity index is 1.64. The van der Waals surface area contributed by atoms with Gasteiger partial charge in [0.2, 0.25) is 5.91 Å². The molecule has 0 bridgehead atoms. The average Bonchev–Trinajstić information content (AvgIpc) is 2.68. The highest BCUT2D eigenvalue weighted by Gasteiger charge is 2.10. The molecule has 1 amide bonds. The van der Waals surface area contributed by atoms with E-state index in [1.54, 1.807) is 18.5 Å². The highest BCUT2D eigenvalue weighted by Crippen LogP contribution is 2.31. The van der Waals surface area contributed by atoms with Crippen molar-refractivity contribution in [1.82, 2.24) is 9.97 Å². The van der Waals surface area contributed by atoms with Gasteiger partial charge in [0.25, 0.3) is 0 Å². The lowest BCUT2D eigenvalue weighted by atomic mass is 9.99. The van der Waals surface area contributed by atoms with Crippen molar-refractivity contribution in [2.75, 3.05) is 22.6 Å². The fourth-order valence-corrected chi connectivity index (χ4v) is 4.42. The molecule has 0 radical (unpaired) electrons. The van der Waals surface area contributed by atoms with Crippen molar-refractivity contribution < 1.29 is 4.79 Å². The molecular weight excluding hydrogens is 368 g/mol. The minimum absolute atomic E-state index is 0.124. The molecule has 1 saturated heterocycles. The van der Waals surface area contributed by atoms with E-state index in [-0.39, 0.29) is 5.91 Å². The van der Waals surface area contributed by atoms with Gasteiger partial charge in [0.1, 0.15) is 5.82 Å². The number of hydrogen-bond donors (Lipinski definition) is 2. The number of nitrogen functional groups attached to an aromatic ring is 1. The van der Waals surface area contributed by atoms with Crippen LogP contribution in [0.25, 0.3) is 21.9 Å². The van der Waals surface area contributed by atoms with E-state index in [2.05, 4.69) is 21.4 Å². The van der Waals surface area contributed by atoms with E-state index < -0.39 is 0 Å². The second-order valence-corrected chi connectivity index (χ2v) is 8.18. The molecule has 3 heterocycles. The Labute approximate surface area is 168 Å². The monoisotopic (exact) mass is 390 g/mol. The number of allylic oxidation sites excluding steroid dienone is 1. The van der Waals surface area contributed by atoms with Gasteiger partial charge in [-0.2, -0.15) is 11.8 Å². The van der Waals surface area contributed by atoms with E-state index in [1.165, 1.54) is 5.57 Å². The zero-order chi connectivity index (χ0) is 19.5. The van der Waals surface area contributed by atoms with Gasteiger partial charge in [-0.05, 0) is 72.0 Å². The topological polar surface area (TPSA) is 80.9 Å². The summed E-state index contributed by atoms with van der Waals surface area (Å²) in [6.45, 7) is 2.05. The second kappa shape index (κ2) is 8.02. The van der Waals surface area contributed by atoms with Gasteiger partial charge in [0.15, 0.2) is 0 Å². The third-order valence-corrected chi connectivity index (χ3v) is 5.93. The first-order valence-corrected chi connectivity index (χ1v) is 10.4. The zero-order valence-corrected chi connectivity index (χ0v) is 16.6. The van der Waals surface area contributed by atoms with Gasteiger partial charge in [0, 0.05) is 41.3 Å². The van der Waals surface area contributed by atoms with Gasteiger partial charge < -0.3 is 11.1 Å². The maximum atomic E-state index is 12.3. The van der Waals surface area contributed by atoms with Crippen LogP contribution >= 0.6 is 11.8 Å². The molecule has 142 valence electrons. The Bertz CT molecular complexity index is 1070. The van der Waals surface area contributed by atoms with Crippen LogP contribution in [0.4, 0.5) is 11.5 Å². The molecule has 28 heavy (non-hydrogen) atoms. The maximum absolute atomic E-state index is 12.3. The van der Waals surface area contributed by atoms with Crippen LogP contribution in [0.2, 0.25) is 0 Å². The summed E-state index contributed by atoms with van der Waals surface area (Å²) in [5.41, 5.74) is 11.3. The smallest absolute Gasteiger partial charge is 0.249 e. The molecule has 2 aromatic heterocycles. The molecular formula is C22H22N4OS. The van der Waals surface area contributed by atoms with Crippen LogP contribution in [0, 0.1) is 6.92 Å². The number of nitrogens with zero attached hydrogens (tertiary/aromatic N) is 2. The molecule has 0 aliphatic carbocycles. The van der Waals surface area contributed by atoms with Crippen molar-refractivity contribution >= 4 is 39.9 Å². The lowest BCUT2D eigenvalue weighted by molar-refractivity contribution is -0.112. The Hall–Kier alpha value is -2.86. The number of fused-ring (bicyclic) bond motifs is 1. The zero-order valence-electron chi connectivity index (χ0n) is 15.7. The lowest BCUT2D eigenvalue weighted by Gasteiger charge is -2.13. The number of aryl methyl sites for hydroxylation is 1. The fourth-order valence-electron chi connectivity index (χ4n) is 3.40. The SMILES string of the molecule is Cc1ccncc1-c1cc(N)c2cnc(NC(=O)C=C3CCSCC3)cc2c1. The highest BCUT2D eigenvalue weighted by atomic mass is 32.2. The minimum atomic E-state index is -0.124. The number of thioether (sulfide) groups is 1. The summed E-state index contributed by atoms with van der Waals surface area (Å²) in [6.07, 6.45) is 9.01. The Kier molecular flexibility index (Phi) is 5.30. The van der Waals surface area contributed by atoms with Crippen LogP contribution in [-0.4, -0.2) is 27.4 Å². The van der Waals surface area contributed by atoms with Crippen LogP contribution < -0.4 is 11.1 Å². The molecule has 1 aliphatic heterocycles. The first-order chi connectivity index (χ1) is 13.6. The molecule has 1 aromatic carbocycles. The number of amides is 1. The summed E-state index contributed by atoms with van der Waals surface area (Å²) >= 11 is 1.93. The minimum Gasteiger partial charge on any atom is -0.398 e. The van der Waals surface area contributed by atoms with Crippen LogP contribution in [0.3, 0.4) is 0 Å². The molecule has 6 heteroatoms. The molecule has 0 saturated carbocycles. The first-order valence-electron chi connectivity index (χ1n) is 9.28. The number of pyridine rings is 2. The molecule has 3 N–H and O–H groups in total. The van der Waals surface area contributed by atoms with Gasteiger partial charge >= 0.3 is 0 Å². The fraction of sp³-hybridized carbons (Fsp3) is 0.227. The summed E-state index contributed by atoms with van der Waals surface area (Å²) in [6, 6.07) is 7.85. The maximum Gasteiger partial charge on any atom is 0.249 e. The average molecular weight is 391 g/mol. The van der Waals surface area contributed by atoms with Gasteiger partial charge in [-0.3, -0.25) is 9.78 Å². The van der Waals surface area contributed by atoms with Crippen LogP contribution in [0.1, 0.15) is 18.4 Å². The van der Waals surface area contributed by atoms with Crippen molar-refractivity contribution in [3.8, 4) is 11.1 Å². The van der Waals surface area contributed by atoms with E-state index in [0.29, 0.717) is 11.5 Å². The first kappa shape index (κ1) is 18.5. The Morgan fingerprint density at radius 2 is 2.04 bits per heavy atom. The standard InChI is InChI=1S/C22H22N4OS/c1-14-2-5-24-12-18(14)16-9-17-11-21(25-13-19(17)20(23)10-16)26-22(27)8-15-3-6-28-7-4-15/h2,5,8-13H,3-4,6-7,23H2,1H3,(H,25,26,27). The molecule has 1 fully saturated rings. The molecule has 3 aromatic rings. The summed E-state index contributed by atoms with van der Waals surface area (Å²) < 4.78 is 0. The van der Waals surface area contributed by atoms with Crippen molar-refractivity contribution in [1.29, 1.82) is 0 Å². The number of aromatic nitrogens is 2. The van der Waals surface area contributed by atoms with Crippen LogP contribution in [0.15, 0.2) is 54.5 Å². The van der Waals surface area contributed by atoms with E-state index in [0.717, 1.165) is 51.8 Å². The largest absolute Gasteiger partial charge is 0.398 e. The van der Waals surface area contributed by atoms with Gasteiger partial charge in [-0.1, -0.05) is 5.57 Å². The van der Waals surface area contributed by atoms with Crippen molar-refractivity contribution in [3.63, 3.8) is 0 Å². The van der Waals surface area contributed by atoms with Crippen molar-refractivity contribution in [2.45, 2.75) is 19.8 Å². The summed E-state index contributed by atoms with van der Waals surface area (Å²) in [7, 11) is 0. The molecule has 0 atom stereocenters. The molecule has 4 rings (SSSR count). The number of rotatable bonds is 3. The third-order valence-electron chi connectivity index (χ3n) is 4.94.